The normalized spacial score (nSPS) is 18.0. The van der Waals surface area contributed by atoms with Crippen LogP contribution in [0.4, 0.5) is 0 Å². The third-order valence-corrected chi connectivity index (χ3v) is 3.61. The van der Waals surface area contributed by atoms with Gasteiger partial charge in [0.1, 0.15) is 0 Å². The second-order valence-electron chi connectivity index (χ2n) is 4.96. The lowest BCUT2D eigenvalue weighted by Crippen LogP contribution is -2.32. The van der Waals surface area contributed by atoms with Gasteiger partial charge in [-0.2, -0.15) is 0 Å². The maximum Gasteiger partial charge on any atom is 0.0717 e. The fourth-order valence-corrected chi connectivity index (χ4v) is 2.61. The molecular formula is C17H19NO. The lowest BCUT2D eigenvalue weighted by molar-refractivity contribution is 0.0969. The van der Waals surface area contributed by atoms with Gasteiger partial charge in [-0.05, 0) is 29.7 Å². The van der Waals surface area contributed by atoms with Crippen molar-refractivity contribution >= 4 is 0 Å². The summed E-state index contributed by atoms with van der Waals surface area (Å²) in [6, 6.07) is 19.3. The van der Waals surface area contributed by atoms with Gasteiger partial charge in [0.15, 0.2) is 0 Å². The molecule has 0 bridgehead atoms. The Balaban J connectivity index is 1.59. The molecule has 98 valence electrons. The minimum absolute atomic E-state index is 0.327. The molecule has 19 heavy (non-hydrogen) atoms. The van der Waals surface area contributed by atoms with E-state index < -0.39 is 0 Å². The van der Waals surface area contributed by atoms with Crippen LogP contribution in [0, 0.1) is 0 Å². The van der Waals surface area contributed by atoms with Crippen LogP contribution in [0.15, 0.2) is 54.6 Å². The number of benzene rings is 2. The van der Waals surface area contributed by atoms with Crippen LogP contribution < -0.4 is 5.32 Å². The predicted molar refractivity (Wildman–Crippen MR) is 77.0 cm³/mol. The van der Waals surface area contributed by atoms with Crippen LogP contribution in [0.5, 0.6) is 0 Å². The van der Waals surface area contributed by atoms with E-state index in [0.717, 1.165) is 19.6 Å². The highest BCUT2D eigenvalue weighted by atomic mass is 16.5. The van der Waals surface area contributed by atoms with Gasteiger partial charge in [0.05, 0.1) is 19.3 Å². The number of hydrogen-bond donors (Lipinski definition) is 1. The van der Waals surface area contributed by atoms with Crippen molar-refractivity contribution in [2.24, 2.45) is 0 Å². The number of hydrogen-bond acceptors (Lipinski definition) is 2. The summed E-state index contributed by atoms with van der Waals surface area (Å²) in [6.07, 6.45) is 1.12. The van der Waals surface area contributed by atoms with Crippen molar-refractivity contribution in [2.45, 2.75) is 19.1 Å². The maximum absolute atomic E-state index is 5.85. The number of ether oxygens (including phenoxy) is 1. The Labute approximate surface area is 114 Å². The van der Waals surface area contributed by atoms with Gasteiger partial charge in [-0.1, -0.05) is 54.6 Å². The topological polar surface area (TPSA) is 21.3 Å². The molecule has 0 radical (unpaired) electrons. The lowest BCUT2D eigenvalue weighted by Gasteiger charge is -2.26. The highest BCUT2D eigenvalue weighted by Gasteiger charge is 2.18. The summed E-state index contributed by atoms with van der Waals surface area (Å²) < 4.78 is 5.85. The first-order chi connectivity index (χ1) is 9.43. The summed E-state index contributed by atoms with van der Waals surface area (Å²) in [7, 11) is 0. The van der Waals surface area contributed by atoms with Crippen molar-refractivity contribution < 1.29 is 4.74 Å². The van der Waals surface area contributed by atoms with Gasteiger partial charge in [-0.3, -0.25) is 0 Å². The van der Waals surface area contributed by atoms with E-state index in [2.05, 4.69) is 41.7 Å². The first kappa shape index (κ1) is 12.4. The quantitative estimate of drug-likeness (QED) is 0.904. The molecule has 3 rings (SSSR count). The van der Waals surface area contributed by atoms with Crippen LogP contribution in [-0.4, -0.2) is 13.2 Å². The number of rotatable bonds is 4. The fourth-order valence-electron chi connectivity index (χ4n) is 2.61. The number of fused-ring (bicyclic) bond motifs is 1. The van der Waals surface area contributed by atoms with Crippen LogP contribution in [0.25, 0.3) is 0 Å². The molecule has 2 aromatic carbocycles. The molecule has 0 spiro atoms. The SMILES string of the molecule is c1ccc(COCC2NCCc3ccccc32)cc1. The van der Waals surface area contributed by atoms with E-state index in [1.54, 1.807) is 0 Å². The lowest BCUT2D eigenvalue weighted by atomic mass is 9.95. The van der Waals surface area contributed by atoms with Crippen molar-refractivity contribution in [3.8, 4) is 0 Å². The van der Waals surface area contributed by atoms with E-state index in [4.69, 9.17) is 4.74 Å². The highest BCUT2D eigenvalue weighted by Crippen LogP contribution is 2.22. The largest absolute Gasteiger partial charge is 0.375 e. The highest BCUT2D eigenvalue weighted by molar-refractivity contribution is 5.32. The maximum atomic E-state index is 5.85. The molecule has 0 aliphatic carbocycles. The van der Waals surface area contributed by atoms with Crippen LogP contribution in [0.1, 0.15) is 22.7 Å². The Kier molecular flexibility index (Phi) is 3.92. The van der Waals surface area contributed by atoms with E-state index >= 15 is 0 Å². The van der Waals surface area contributed by atoms with Crippen molar-refractivity contribution in [2.75, 3.05) is 13.2 Å². The zero-order valence-corrected chi connectivity index (χ0v) is 11.0. The summed E-state index contributed by atoms with van der Waals surface area (Å²) in [5.74, 6) is 0. The van der Waals surface area contributed by atoms with Gasteiger partial charge in [0.2, 0.25) is 0 Å². The van der Waals surface area contributed by atoms with Crippen molar-refractivity contribution in [1.29, 1.82) is 0 Å². The molecule has 2 heteroatoms. The molecule has 0 aromatic heterocycles. The molecule has 2 nitrogen and oxygen atoms in total. The van der Waals surface area contributed by atoms with Crippen LogP contribution in [-0.2, 0) is 17.8 Å². The molecule has 0 saturated heterocycles. The van der Waals surface area contributed by atoms with Gasteiger partial charge in [0, 0.05) is 0 Å². The molecule has 1 atom stereocenters. The summed E-state index contributed by atoms with van der Waals surface area (Å²) in [4.78, 5) is 0. The molecule has 0 amide bonds. The molecule has 1 N–H and O–H groups in total. The summed E-state index contributed by atoms with van der Waals surface area (Å²) in [5, 5.41) is 3.54. The summed E-state index contributed by atoms with van der Waals surface area (Å²) >= 11 is 0. The molecule has 0 fully saturated rings. The van der Waals surface area contributed by atoms with Crippen LogP contribution in [0.3, 0.4) is 0 Å². The summed E-state index contributed by atoms with van der Waals surface area (Å²) in [6.45, 7) is 2.45. The van der Waals surface area contributed by atoms with E-state index in [1.807, 2.05) is 18.2 Å². The van der Waals surface area contributed by atoms with Gasteiger partial charge in [0.25, 0.3) is 0 Å². The zero-order valence-electron chi connectivity index (χ0n) is 11.0. The Morgan fingerprint density at radius 1 is 1.00 bits per heavy atom. The average Bonchev–Trinajstić information content (AvgIpc) is 2.49. The second kappa shape index (κ2) is 6.00. The van der Waals surface area contributed by atoms with E-state index in [0.29, 0.717) is 12.6 Å². The van der Waals surface area contributed by atoms with Gasteiger partial charge >= 0.3 is 0 Å². The zero-order chi connectivity index (χ0) is 12.9. The fraction of sp³-hybridized carbons (Fsp3) is 0.294. The number of nitrogens with one attached hydrogen (secondary N) is 1. The Morgan fingerprint density at radius 3 is 2.68 bits per heavy atom. The third-order valence-electron chi connectivity index (χ3n) is 3.61. The van der Waals surface area contributed by atoms with Crippen molar-refractivity contribution in [1.82, 2.24) is 5.32 Å². The second-order valence-corrected chi connectivity index (χ2v) is 4.96. The molecule has 2 aromatic rings. The van der Waals surface area contributed by atoms with Crippen molar-refractivity contribution in [3.63, 3.8) is 0 Å². The molecular weight excluding hydrogens is 234 g/mol. The van der Waals surface area contributed by atoms with Gasteiger partial charge in [-0.15, -0.1) is 0 Å². The van der Waals surface area contributed by atoms with E-state index in [1.165, 1.54) is 16.7 Å². The smallest absolute Gasteiger partial charge is 0.0717 e. The molecule has 1 heterocycles. The average molecular weight is 253 g/mol. The van der Waals surface area contributed by atoms with Gasteiger partial charge in [-0.25, -0.2) is 0 Å². The first-order valence-electron chi connectivity index (χ1n) is 6.86. The Hall–Kier alpha value is -1.64. The predicted octanol–water partition coefficient (Wildman–Crippen LogP) is 3.09. The first-order valence-corrected chi connectivity index (χ1v) is 6.86. The monoisotopic (exact) mass is 253 g/mol. The Morgan fingerprint density at radius 2 is 1.79 bits per heavy atom. The summed E-state index contributed by atoms with van der Waals surface area (Å²) in [5.41, 5.74) is 4.07. The molecule has 0 saturated carbocycles. The third kappa shape index (κ3) is 3.03. The van der Waals surface area contributed by atoms with Crippen LogP contribution >= 0.6 is 0 Å². The molecule has 1 aliphatic heterocycles. The van der Waals surface area contributed by atoms with E-state index in [9.17, 15) is 0 Å². The minimum Gasteiger partial charge on any atom is -0.375 e. The van der Waals surface area contributed by atoms with Gasteiger partial charge < -0.3 is 10.1 Å². The van der Waals surface area contributed by atoms with Crippen molar-refractivity contribution in [3.05, 3.63) is 71.3 Å². The Bertz CT molecular complexity index is 524. The minimum atomic E-state index is 0.327. The molecule has 1 unspecified atom stereocenters. The molecule has 1 aliphatic rings. The van der Waals surface area contributed by atoms with Crippen LogP contribution in [0.2, 0.25) is 0 Å². The standard InChI is InChI=1S/C17H19NO/c1-2-6-14(7-3-1)12-19-13-17-16-9-5-4-8-15(16)10-11-18-17/h1-9,17-18H,10-13H2. The van der Waals surface area contributed by atoms with E-state index in [-0.39, 0.29) is 0 Å².